The molecule has 1 aliphatic heterocycles. The van der Waals surface area contributed by atoms with Crippen LogP contribution in [0.15, 0.2) is 18.2 Å². The van der Waals surface area contributed by atoms with Gasteiger partial charge in [0.2, 0.25) is 0 Å². The molecule has 0 spiro atoms. The zero-order chi connectivity index (χ0) is 9.42. The van der Waals surface area contributed by atoms with Crippen LogP contribution in [0, 0.1) is 5.41 Å². The fourth-order valence-corrected chi connectivity index (χ4v) is 1.39. The Bertz CT molecular complexity index is 399. The van der Waals surface area contributed by atoms with E-state index in [1.54, 1.807) is 12.1 Å². The van der Waals surface area contributed by atoms with Crippen molar-refractivity contribution in [1.82, 2.24) is 0 Å². The van der Waals surface area contributed by atoms with Crippen LogP contribution in [-0.2, 0) is 6.42 Å². The number of benzene rings is 1. The van der Waals surface area contributed by atoms with Crippen molar-refractivity contribution < 1.29 is 9.90 Å². The number of nitrogens with one attached hydrogen (secondary N) is 2. The van der Waals surface area contributed by atoms with Crippen molar-refractivity contribution in [3.63, 3.8) is 0 Å². The molecule has 0 saturated carbocycles. The highest BCUT2D eigenvalue weighted by Gasteiger charge is 2.16. The summed E-state index contributed by atoms with van der Waals surface area (Å²) in [7, 11) is 0. The number of fused-ring (bicyclic) bond motifs is 1. The highest BCUT2D eigenvalue weighted by molar-refractivity contribution is 6.02. The lowest BCUT2D eigenvalue weighted by Crippen LogP contribution is -2.02. The standard InChI is InChI=1S/C9H8N2O2.CH4/c10-8-4-6-3-5(9(12)13)1-2-7(6)11-8;/h1-3H,4H2,(H2,10,11)(H,12,13);1H4. The third-order valence-electron chi connectivity index (χ3n) is 2.00. The SMILES string of the molecule is C.N=C1Cc2cc(C(=O)O)ccc2N1. The number of carbonyl (C=O) groups is 1. The second-order valence-corrected chi connectivity index (χ2v) is 2.96. The molecule has 3 N–H and O–H groups in total. The first-order chi connectivity index (χ1) is 6.16. The average Bonchev–Trinajstić information content (AvgIpc) is 2.42. The molecule has 4 heteroatoms. The van der Waals surface area contributed by atoms with Gasteiger partial charge in [-0.25, -0.2) is 4.79 Å². The van der Waals surface area contributed by atoms with E-state index in [-0.39, 0.29) is 13.0 Å². The summed E-state index contributed by atoms with van der Waals surface area (Å²) < 4.78 is 0. The summed E-state index contributed by atoms with van der Waals surface area (Å²) in [5.41, 5.74) is 2.00. The molecular weight excluding hydrogens is 180 g/mol. The van der Waals surface area contributed by atoms with E-state index in [1.807, 2.05) is 0 Å². The van der Waals surface area contributed by atoms with E-state index in [2.05, 4.69) is 5.32 Å². The van der Waals surface area contributed by atoms with E-state index >= 15 is 0 Å². The van der Waals surface area contributed by atoms with Gasteiger partial charge >= 0.3 is 5.97 Å². The van der Waals surface area contributed by atoms with Gasteiger partial charge in [-0.3, -0.25) is 5.41 Å². The molecule has 1 heterocycles. The maximum atomic E-state index is 10.6. The molecule has 4 nitrogen and oxygen atoms in total. The van der Waals surface area contributed by atoms with Crippen LogP contribution in [-0.4, -0.2) is 16.9 Å². The number of anilines is 1. The van der Waals surface area contributed by atoms with Crippen molar-refractivity contribution >= 4 is 17.5 Å². The van der Waals surface area contributed by atoms with Crippen molar-refractivity contribution in [3.8, 4) is 0 Å². The van der Waals surface area contributed by atoms with E-state index in [1.165, 1.54) is 6.07 Å². The van der Waals surface area contributed by atoms with Gasteiger partial charge < -0.3 is 10.4 Å². The molecule has 14 heavy (non-hydrogen) atoms. The van der Waals surface area contributed by atoms with Crippen molar-refractivity contribution in [2.75, 3.05) is 5.32 Å². The van der Waals surface area contributed by atoms with E-state index in [0.29, 0.717) is 12.3 Å². The molecule has 0 fully saturated rings. The molecule has 0 aromatic heterocycles. The fraction of sp³-hybridized carbons (Fsp3) is 0.200. The van der Waals surface area contributed by atoms with Crippen molar-refractivity contribution in [2.45, 2.75) is 13.8 Å². The van der Waals surface area contributed by atoms with Gasteiger partial charge in [0.1, 0.15) is 5.84 Å². The van der Waals surface area contributed by atoms with Gasteiger partial charge in [0.15, 0.2) is 0 Å². The number of aromatic carboxylic acids is 1. The van der Waals surface area contributed by atoms with Crippen LogP contribution in [0.3, 0.4) is 0 Å². The largest absolute Gasteiger partial charge is 0.478 e. The van der Waals surface area contributed by atoms with Gasteiger partial charge in [0.25, 0.3) is 0 Å². The monoisotopic (exact) mass is 192 g/mol. The van der Waals surface area contributed by atoms with E-state index in [4.69, 9.17) is 10.5 Å². The van der Waals surface area contributed by atoms with Gasteiger partial charge in [-0.1, -0.05) is 7.43 Å². The van der Waals surface area contributed by atoms with Gasteiger partial charge in [0, 0.05) is 12.1 Å². The van der Waals surface area contributed by atoms with Crippen molar-refractivity contribution in [1.29, 1.82) is 5.41 Å². The second-order valence-electron chi connectivity index (χ2n) is 2.96. The Morgan fingerprint density at radius 3 is 2.86 bits per heavy atom. The number of amidine groups is 1. The smallest absolute Gasteiger partial charge is 0.335 e. The molecule has 0 unspecified atom stereocenters. The minimum atomic E-state index is -0.929. The number of hydrogen-bond acceptors (Lipinski definition) is 2. The molecule has 0 aliphatic carbocycles. The van der Waals surface area contributed by atoms with E-state index < -0.39 is 5.97 Å². The summed E-state index contributed by atoms with van der Waals surface area (Å²) in [6, 6.07) is 4.83. The molecule has 1 aliphatic rings. The Balaban J connectivity index is 0.000000980. The van der Waals surface area contributed by atoms with Crippen LogP contribution >= 0.6 is 0 Å². The lowest BCUT2D eigenvalue weighted by Gasteiger charge is -1.99. The Kier molecular flexibility index (Phi) is 2.56. The number of hydrogen-bond donors (Lipinski definition) is 3. The molecule has 0 bridgehead atoms. The molecule has 0 amide bonds. The van der Waals surface area contributed by atoms with Gasteiger partial charge in [-0.05, 0) is 23.8 Å². The minimum Gasteiger partial charge on any atom is -0.478 e. The number of carboxylic acid groups (broad SMARTS) is 1. The zero-order valence-corrected chi connectivity index (χ0v) is 6.79. The van der Waals surface area contributed by atoms with Gasteiger partial charge in [0.05, 0.1) is 5.56 Å². The first-order valence-corrected chi connectivity index (χ1v) is 3.87. The van der Waals surface area contributed by atoms with Gasteiger partial charge in [-0.15, -0.1) is 0 Å². The van der Waals surface area contributed by atoms with Crippen LogP contribution < -0.4 is 5.32 Å². The number of rotatable bonds is 1. The summed E-state index contributed by atoms with van der Waals surface area (Å²) in [6.07, 6.45) is 0.496. The minimum absolute atomic E-state index is 0. The highest BCUT2D eigenvalue weighted by Crippen LogP contribution is 2.23. The summed E-state index contributed by atoms with van der Waals surface area (Å²) in [5, 5.41) is 18.9. The van der Waals surface area contributed by atoms with E-state index in [9.17, 15) is 4.79 Å². The Labute approximate surface area is 82.1 Å². The Morgan fingerprint density at radius 2 is 2.21 bits per heavy atom. The number of carboxylic acids is 1. The molecule has 1 aromatic rings. The fourth-order valence-electron chi connectivity index (χ4n) is 1.39. The predicted molar refractivity (Wildman–Crippen MR) is 55.2 cm³/mol. The van der Waals surface area contributed by atoms with Crippen LogP contribution in [0.1, 0.15) is 23.3 Å². The third kappa shape index (κ3) is 1.59. The quantitative estimate of drug-likeness (QED) is 0.636. The van der Waals surface area contributed by atoms with Gasteiger partial charge in [-0.2, -0.15) is 0 Å². The maximum Gasteiger partial charge on any atom is 0.335 e. The van der Waals surface area contributed by atoms with Crippen molar-refractivity contribution in [3.05, 3.63) is 29.3 Å². The first kappa shape index (κ1) is 10.2. The van der Waals surface area contributed by atoms with Crippen LogP contribution in [0.5, 0.6) is 0 Å². The zero-order valence-electron chi connectivity index (χ0n) is 6.79. The predicted octanol–water partition coefficient (Wildman–Crippen LogP) is 1.97. The Morgan fingerprint density at radius 1 is 1.50 bits per heavy atom. The van der Waals surface area contributed by atoms with Crippen LogP contribution in [0.25, 0.3) is 0 Å². The lowest BCUT2D eigenvalue weighted by atomic mass is 10.1. The normalized spacial score (nSPS) is 12.7. The molecule has 0 radical (unpaired) electrons. The summed E-state index contributed by atoms with van der Waals surface area (Å²) in [4.78, 5) is 10.6. The van der Waals surface area contributed by atoms with Crippen molar-refractivity contribution in [2.24, 2.45) is 0 Å². The van der Waals surface area contributed by atoms with Crippen LogP contribution in [0.4, 0.5) is 5.69 Å². The summed E-state index contributed by atoms with van der Waals surface area (Å²) in [6.45, 7) is 0. The maximum absolute atomic E-state index is 10.6. The lowest BCUT2D eigenvalue weighted by molar-refractivity contribution is 0.0697. The second kappa shape index (κ2) is 3.49. The Hall–Kier alpha value is -1.84. The van der Waals surface area contributed by atoms with E-state index in [0.717, 1.165) is 11.3 Å². The highest BCUT2D eigenvalue weighted by atomic mass is 16.4. The molecular formula is C10H12N2O2. The molecule has 1 aromatic carbocycles. The topological polar surface area (TPSA) is 73.2 Å². The molecule has 0 saturated heterocycles. The first-order valence-electron chi connectivity index (χ1n) is 3.87. The molecule has 0 atom stereocenters. The average molecular weight is 192 g/mol. The molecule has 2 rings (SSSR count). The summed E-state index contributed by atoms with van der Waals surface area (Å²) >= 11 is 0. The van der Waals surface area contributed by atoms with Crippen LogP contribution in [0.2, 0.25) is 0 Å². The molecule has 74 valence electrons. The summed E-state index contributed by atoms with van der Waals surface area (Å²) in [5.74, 6) is -0.515. The third-order valence-corrected chi connectivity index (χ3v) is 2.00.